The SMILES string of the molecule is CC#CC=CC=CCC(O)C(Br)=C(C)C=CC=CC=C(C)C(O)C(C)(C)C(=O)NC(C)CCC(C)O. The molecule has 0 aliphatic rings. The zero-order valence-corrected chi connectivity index (χ0v) is 24.3. The third-order valence-electron chi connectivity index (χ3n) is 5.62. The maximum atomic E-state index is 12.7. The van der Waals surface area contributed by atoms with Crippen LogP contribution < -0.4 is 5.32 Å². The van der Waals surface area contributed by atoms with Crippen molar-refractivity contribution in [1.29, 1.82) is 0 Å². The van der Waals surface area contributed by atoms with Gasteiger partial charge in [0.1, 0.15) is 0 Å². The molecule has 0 radical (unpaired) electrons. The average molecular weight is 563 g/mol. The summed E-state index contributed by atoms with van der Waals surface area (Å²) in [4.78, 5) is 12.7. The highest BCUT2D eigenvalue weighted by atomic mass is 79.9. The van der Waals surface area contributed by atoms with E-state index in [0.29, 0.717) is 29.3 Å². The van der Waals surface area contributed by atoms with Crippen LogP contribution in [0.4, 0.5) is 0 Å². The van der Waals surface area contributed by atoms with Crippen LogP contribution in [-0.4, -0.2) is 45.6 Å². The van der Waals surface area contributed by atoms with Crippen LogP contribution in [0.5, 0.6) is 0 Å². The largest absolute Gasteiger partial charge is 0.393 e. The minimum absolute atomic E-state index is 0.0875. The van der Waals surface area contributed by atoms with Crippen molar-refractivity contribution in [2.45, 2.75) is 92.1 Å². The van der Waals surface area contributed by atoms with Crippen molar-refractivity contribution in [1.82, 2.24) is 5.32 Å². The molecule has 0 heterocycles. The lowest BCUT2D eigenvalue weighted by atomic mass is 9.81. The van der Waals surface area contributed by atoms with Crippen LogP contribution in [0.3, 0.4) is 0 Å². The number of carbonyl (C=O) groups excluding carboxylic acids is 1. The van der Waals surface area contributed by atoms with E-state index in [1.165, 1.54) is 0 Å². The van der Waals surface area contributed by atoms with Gasteiger partial charge in [-0.3, -0.25) is 4.79 Å². The van der Waals surface area contributed by atoms with E-state index in [1.54, 1.807) is 52.8 Å². The number of allylic oxidation sites excluding steroid dienone is 9. The van der Waals surface area contributed by atoms with Gasteiger partial charge in [-0.2, -0.15) is 0 Å². The van der Waals surface area contributed by atoms with E-state index >= 15 is 0 Å². The van der Waals surface area contributed by atoms with Crippen molar-refractivity contribution in [2.75, 3.05) is 0 Å². The second-order valence-electron chi connectivity index (χ2n) is 9.54. The number of amides is 1. The molecule has 0 aromatic carbocycles. The Morgan fingerprint density at radius 1 is 1.03 bits per heavy atom. The number of carbonyl (C=O) groups is 1. The molecule has 0 rings (SSSR count). The van der Waals surface area contributed by atoms with Crippen LogP contribution in [0.1, 0.15) is 67.7 Å². The molecule has 4 N–H and O–H groups in total. The topological polar surface area (TPSA) is 89.8 Å². The van der Waals surface area contributed by atoms with Gasteiger partial charge in [0, 0.05) is 10.5 Å². The van der Waals surface area contributed by atoms with Gasteiger partial charge in [-0.1, -0.05) is 70.5 Å². The maximum Gasteiger partial charge on any atom is 0.228 e. The molecule has 0 aliphatic carbocycles. The fourth-order valence-electron chi connectivity index (χ4n) is 3.15. The fraction of sp³-hybridized carbons (Fsp3) is 0.500. The first-order chi connectivity index (χ1) is 16.8. The number of aliphatic hydroxyl groups excluding tert-OH is 3. The molecule has 0 spiro atoms. The Morgan fingerprint density at radius 2 is 1.69 bits per heavy atom. The molecule has 0 saturated carbocycles. The van der Waals surface area contributed by atoms with Crippen LogP contribution in [0, 0.1) is 17.3 Å². The second-order valence-corrected chi connectivity index (χ2v) is 10.4. The molecule has 4 atom stereocenters. The van der Waals surface area contributed by atoms with Gasteiger partial charge in [0.05, 0.1) is 23.7 Å². The molecule has 0 bridgehead atoms. The van der Waals surface area contributed by atoms with E-state index in [1.807, 2.05) is 50.3 Å². The smallest absolute Gasteiger partial charge is 0.228 e. The summed E-state index contributed by atoms with van der Waals surface area (Å²) in [6, 6.07) is -0.0875. The molecule has 0 aromatic heterocycles. The van der Waals surface area contributed by atoms with Gasteiger partial charge in [0.2, 0.25) is 5.91 Å². The van der Waals surface area contributed by atoms with Crippen LogP contribution in [-0.2, 0) is 4.79 Å². The molecule has 6 heteroatoms. The summed E-state index contributed by atoms with van der Waals surface area (Å²) < 4.78 is 0.715. The molecule has 0 aliphatic heterocycles. The summed E-state index contributed by atoms with van der Waals surface area (Å²) in [6.07, 6.45) is 16.2. The van der Waals surface area contributed by atoms with Crippen molar-refractivity contribution < 1.29 is 20.1 Å². The first-order valence-corrected chi connectivity index (χ1v) is 13.1. The number of nitrogens with one attached hydrogen (secondary N) is 1. The van der Waals surface area contributed by atoms with Crippen LogP contribution in [0.25, 0.3) is 0 Å². The van der Waals surface area contributed by atoms with Crippen LogP contribution in [0.2, 0.25) is 0 Å². The molecule has 1 amide bonds. The quantitative estimate of drug-likeness (QED) is 0.163. The normalized spacial score (nSPS) is 17.2. The van der Waals surface area contributed by atoms with Gasteiger partial charge in [0.25, 0.3) is 0 Å². The van der Waals surface area contributed by atoms with Gasteiger partial charge < -0.3 is 20.6 Å². The molecule has 0 saturated heterocycles. The van der Waals surface area contributed by atoms with Crippen molar-refractivity contribution in [2.24, 2.45) is 5.41 Å². The maximum absolute atomic E-state index is 12.7. The van der Waals surface area contributed by atoms with E-state index < -0.39 is 23.7 Å². The minimum Gasteiger partial charge on any atom is -0.393 e. The summed E-state index contributed by atoms with van der Waals surface area (Å²) in [5.41, 5.74) is 0.569. The third kappa shape index (κ3) is 13.8. The summed E-state index contributed by atoms with van der Waals surface area (Å²) in [7, 11) is 0. The Balaban J connectivity index is 4.98. The monoisotopic (exact) mass is 561 g/mol. The molecule has 0 aromatic rings. The Bertz CT molecular complexity index is 926. The van der Waals surface area contributed by atoms with Crippen molar-refractivity contribution in [3.63, 3.8) is 0 Å². The zero-order chi connectivity index (χ0) is 27.7. The van der Waals surface area contributed by atoms with Gasteiger partial charge >= 0.3 is 0 Å². The van der Waals surface area contributed by atoms with E-state index in [-0.39, 0.29) is 11.9 Å². The van der Waals surface area contributed by atoms with Gasteiger partial charge in [0.15, 0.2) is 0 Å². The average Bonchev–Trinajstić information content (AvgIpc) is 2.82. The van der Waals surface area contributed by atoms with E-state index in [2.05, 4.69) is 33.1 Å². The molecular weight excluding hydrogens is 518 g/mol. The Labute approximate surface area is 226 Å². The van der Waals surface area contributed by atoms with Crippen LogP contribution >= 0.6 is 15.9 Å². The summed E-state index contributed by atoms with van der Waals surface area (Å²) in [5.74, 6) is 5.38. The Morgan fingerprint density at radius 3 is 2.31 bits per heavy atom. The zero-order valence-electron chi connectivity index (χ0n) is 22.8. The van der Waals surface area contributed by atoms with E-state index in [9.17, 15) is 20.1 Å². The molecule has 36 heavy (non-hydrogen) atoms. The van der Waals surface area contributed by atoms with Gasteiger partial charge in [-0.05, 0) is 85.0 Å². The fourth-order valence-corrected chi connectivity index (χ4v) is 3.47. The second kappa shape index (κ2) is 18.1. The molecule has 0 fully saturated rings. The molecule has 4 unspecified atom stereocenters. The number of rotatable bonds is 14. The van der Waals surface area contributed by atoms with Crippen molar-refractivity contribution in [3.8, 4) is 11.8 Å². The van der Waals surface area contributed by atoms with Gasteiger partial charge in [-0.15, -0.1) is 5.92 Å². The van der Waals surface area contributed by atoms with Crippen molar-refractivity contribution >= 4 is 21.8 Å². The summed E-state index contributed by atoms with van der Waals surface area (Å²) in [6.45, 7) is 12.5. The highest BCUT2D eigenvalue weighted by molar-refractivity contribution is 9.11. The van der Waals surface area contributed by atoms with Crippen molar-refractivity contribution in [3.05, 3.63) is 70.3 Å². The summed E-state index contributed by atoms with van der Waals surface area (Å²) >= 11 is 3.47. The van der Waals surface area contributed by atoms with E-state index in [4.69, 9.17) is 0 Å². The number of hydrogen-bond donors (Lipinski definition) is 4. The summed E-state index contributed by atoms with van der Waals surface area (Å²) in [5, 5.41) is 33.5. The van der Waals surface area contributed by atoms with Crippen LogP contribution in [0.15, 0.2) is 70.3 Å². The Hall–Kier alpha value is -2.17. The first kappa shape index (κ1) is 33.8. The standard InChI is InChI=1S/C30H44BrNO4/c1-8-9-10-11-12-16-19-26(34)27(31)22(2)17-14-13-15-18-23(3)28(35)30(6,7)29(36)32-24(4)20-21-25(5)33/h10-18,24-26,28,33-35H,19-21H2,1-7H3,(H,32,36). The number of hydrogen-bond acceptors (Lipinski definition) is 4. The number of halogens is 1. The predicted molar refractivity (Wildman–Crippen MR) is 154 cm³/mol. The first-order valence-electron chi connectivity index (χ1n) is 12.3. The molecule has 5 nitrogen and oxygen atoms in total. The lowest BCUT2D eigenvalue weighted by molar-refractivity contribution is -0.134. The highest BCUT2D eigenvalue weighted by Gasteiger charge is 2.37. The molecule has 200 valence electrons. The lowest BCUT2D eigenvalue weighted by Gasteiger charge is -2.31. The predicted octanol–water partition coefficient (Wildman–Crippen LogP) is 5.65. The Kier molecular flexibility index (Phi) is 17.0. The number of aliphatic hydroxyl groups is 3. The third-order valence-corrected chi connectivity index (χ3v) is 6.78. The van der Waals surface area contributed by atoms with Gasteiger partial charge in [-0.25, -0.2) is 0 Å². The lowest BCUT2D eigenvalue weighted by Crippen LogP contribution is -2.48. The highest BCUT2D eigenvalue weighted by Crippen LogP contribution is 2.27. The molecular formula is C30H44BrNO4. The van der Waals surface area contributed by atoms with E-state index in [0.717, 1.165) is 5.57 Å². The minimum atomic E-state index is -1.00.